The molecular formula is C16H23FN4O3. The van der Waals surface area contributed by atoms with Crippen molar-refractivity contribution in [2.75, 3.05) is 19.6 Å². The highest BCUT2D eigenvalue weighted by Crippen LogP contribution is 2.40. The van der Waals surface area contributed by atoms with Crippen molar-refractivity contribution in [2.24, 2.45) is 5.73 Å². The van der Waals surface area contributed by atoms with Crippen molar-refractivity contribution in [1.82, 2.24) is 15.4 Å². The molecular weight excluding hydrogens is 315 g/mol. The van der Waals surface area contributed by atoms with Crippen molar-refractivity contribution in [3.05, 3.63) is 17.5 Å². The number of rotatable bonds is 5. The summed E-state index contributed by atoms with van der Waals surface area (Å²) in [5.74, 6) is 0.490. The summed E-state index contributed by atoms with van der Waals surface area (Å²) < 4.78 is 19.9. The molecule has 2 aliphatic rings. The lowest BCUT2D eigenvalue weighted by atomic mass is 9.93. The first-order chi connectivity index (χ1) is 11.4. The first-order valence-corrected chi connectivity index (χ1v) is 8.36. The van der Waals surface area contributed by atoms with Gasteiger partial charge in [0.15, 0.2) is 5.69 Å². The van der Waals surface area contributed by atoms with Gasteiger partial charge < -0.3 is 20.5 Å². The van der Waals surface area contributed by atoms with Crippen molar-refractivity contribution in [3.8, 4) is 0 Å². The van der Waals surface area contributed by atoms with Crippen LogP contribution in [0.15, 0.2) is 10.6 Å². The predicted octanol–water partition coefficient (Wildman–Crippen LogP) is 0.960. The van der Waals surface area contributed by atoms with E-state index in [4.69, 9.17) is 10.3 Å². The fraction of sp³-hybridized carbons (Fsp3) is 0.688. The maximum atomic E-state index is 14.8. The Kier molecular flexibility index (Phi) is 4.58. The number of alkyl halides is 1. The number of piperidine rings is 1. The van der Waals surface area contributed by atoms with Gasteiger partial charge in [-0.2, -0.15) is 0 Å². The van der Waals surface area contributed by atoms with Crippen LogP contribution < -0.4 is 11.1 Å². The molecule has 2 heterocycles. The smallest absolute Gasteiger partial charge is 0.273 e. The molecule has 1 saturated carbocycles. The van der Waals surface area contributed by atoms with Gasteiger partial charge in [0.2, 0.25) is 5.91 Å². The van der Waals surface area contributed by atoms with E-state index in [1.807, 2.05) is 0 Å². The van der Waals surface area contributed by atoms with Gasteiger partial charge in [-0.3, -0.25) is 9.59 Å². The van der Waals surface area contributed by atoms with Gasteiger partial charge in [-0.1, -0.05) is 5.16 Å². The normalized spacial score (nSPS) is 21.4. The second-order valence-electron chi connectivity index (χ2n) is 6.84. The average Bonchev–Trinajstić information content (AvgIpc) is 3.30. The number of halogens is 1. The van der Waals surface area contributed by atoms with Crippen LogP contribution in [0.4, 0.5) is 4.39 Å². The van der Waals surface area contributed by atoms with Crippen molar-refractivity contribution >= 4 is 11.8 Å². The molecule has 0 bridgehead atoms. The van der Waals surface area contributed by atoms with E-state index < -0.39 is 17.6 Å². The quantitative estimate of drug-likeness (QED) is 0.833. The van der Waals surface area contributed by atoms with E-state index >= 15 is 0 Å². The third-order valence-corrected chi connectivity index (χ3v) is 4.67. The molecule has 24 heavy (non-hydrogen) atoms. The summed E-state index contributed by atoms with van der Waals surface area (Å²) in [5, 5.41) is 6.33. The molecule has 0 unspecified atom stereocenters. The van der Waals surface area contributed by atoms with Gasteiger partial charge in [0.05, 0.1) is 12.6 Å². The Balaban J connectivity index is 1.48. The van der Waals surface area contributed by atoms with Crippen LogP contribution in [0.1, 0.15) is 54.8 Å². The number of hydrogen-bond donors (Lipinski definition) is 2. The third kappa shape index (κ3) is 3.75. The summed E-state index contributed by atoms with van der Waals surface area (Å²) in [6, 6.07) is 1.05. The Morgan fingerprint density at radius 1 is 1.50 bits per heavy atom. The van der Waals surface area contributed by atoms with E-state index in [-0.39, 0.29) is 31.0 Å². The van der Waals surface area contributed by atoms with Crippen LogP contribution in [-0.2, 0) is 4.79 Å². The number of nitrogens with zero attached hydrogens (tertiary/aromatic N) is 2. The van der Waals surface area contributed by atoms with E-state index in [0.29, 0.717) is 19.0 Å². The van der Waals surface area contributed by atoms with Crippen LogP contribution in [0.25, 0.3) is 0 Å². The van der Waals surface area contributed by atoms with Crippen molar-refractivity contribution in [2.45, 2.75) is 50.2 Å². The summed E-state index contributed by atoms with van der Waals surface area (Å²) in [7, 11) is 0. The second kappa shape index (κ2) is 6.51. The zero-order valence-electron chi connectivity index (χ0n) is 13.8. The average molecular weight is 338 g/mol. The summed E-state index contributed by atoms with van der Waals surface area (Å²) in [5.41, 5.74) is 4.23. The molecule has 0 spiro atoms. The first kappa shape index (κ1) is 16.9. The number of aromatic nitrogens is 1. The zero-order chi connectivity index (χ0) is 17.3. The molecule has 0 aromatic carbocycles. The number of likely N-dealkylation sites (tertiary alicyclic amines) is 1. The fourth-order valence-corrected chi connectivity index (χ4v) is 2.88. The van der Waals surface area contributed by atoms with Crippen LogP contribution in [0.2, 0.25) is 0 Å². The highest BCUT2D eigenvalue weighted by atomic mass is 19.1. The summed E-state index contributed by atoms with van der Waals surface area (Å²) in [6.45, 7) is 2.14. The SMILES string of the molecule is C[C@H](N)C(=O)N1CCC(F)(CNC(=O)c2cc(C3CC3)on2)CC1. The minimum atomic E-state index is -1.52. The van der Waals surface area contributed by atoms with Gasteiger partial charge in [0.1, 0.15) is 11.4 Å². The molecule has 132 valence electrons. The lowest BCUT2D eigenvalue weighted by Crippen LogP contribution is -2.52. The van der Waals surface area contributed by atoms with Crippen LogP contribution in [0, 0.1) is 0 Å². The molecule has 1 aromatic heterocycles. The van der Waals surface area contributed by atoms with Crippen LogP contribution in [-0.4, -0.2) is 53.2 Å². The fourth-order valence-electron chi connectivity index (χ4n) is 2.88. The minimum absolute atomic E-state index is 0.0995. The van der Waals surface area contributed by atoms with Crippen molar-refractivity contribution in [3.63, 3.8) is 0 Å². The van der Waals surface area contributed by atoms with E-state index in [9.17, 15) is 14.0 Å². The number of carbonyl (C=O) groups excluding carboxylic acids is 2. The topological polar surface area (TPSA) is 101 Å². The van der Waals surface area contributed by atoms with Crippen molar-refractivity contribution < 1.29 is 18.5 Å². The largest absolute Gasteiger partial charge is 0.360 e. The molecule has 3 N–H and O–H groups in total. The number of nitrogens with one attached hydrogen (secondary N) is 1. The molecule has 1 aliphatic heterocycles. The molecule has 3 rings (SSSR count). The van der Waals surface area contributed by atoms with E-state index in [1.54, 1.807) is 17.9 Å². The summed E-state index contributed by atoms with van der Waals surface area (Å²) in [6.07, 6.45) is 2.47. The standard InChI is InChI=1S/C16H23FN4O3/c1-10(18)15(23)21-6-4-16(17,5-7-21)9-19-14(22)12-8-13(24-20-12)11-2-3-11/h8,10-11H,2-7,9,18H2,1H3,(H,19,22)/t10-/m0/s1. The molecule has 1 atom stereocenters. The lowest BCUT2D eigenvalue weighted by Gasteiger charge is -2.37. The molecule has 7 nitrogen and oxygen atoms in total. The second-order valence-corrected chi connectivity index (χ2v) is 6.84. The molecule has 1 aromatic rings. The van der Waals surface area contributed by atoms with Crippen LogP contribution in [0.3, 0.4) is 0 Å². The number of hydrogen-bond acceptors (Lipinski definition) is 5. The van der Waals surface area contributed by atoms with Gasteiger partial charge in [-0.05, 0) is 19.8 Å². The Hall–Kier alpha value is -1.96. The monoisotopic (exact) mass is 338 g/mol. The van der Waals surface area contributed by atoms with Crippen LogP contribution in [0.5, 0.6) is 0 Å². The number of carbonyl (C=O) groups is 2. The highest BCUT2D eigenvalue weighted by molar-refractivity contribution is 5.92. The molecule has 2 fully saturated rings. The zero-order valence-corrected chi connectivity index (χ0v) is 13.8. The maximum absolute atomic E-state index is 14.8. The molecule has 8 heteroatoms. The minimum Gasteiger partial charge on any atom is -0.360 e. The van der Waals surface area contributed by atoms with Gasteiger partial charge in [-0.25, -0.2) is 4.39 Å². The van der Waals surface area contributed by atoms with Crippen LogP contribution >= 0.6 is 0 Å². The molecule has 0 radical (unpaired) electrons. The Bertz CT molecular complexity index is 619. The first-order valence-electron chi connectivity index (χ1n) is 8.36. The van der Waals surface area contributed by atoms with Gasteiger partial charge in [-0.15, -0.1) is 0 Å². The highest BCUT2D eigenvalue weighted by Gasteiger charge is 2.37. The predicted molar refractivity (Wildman–Crippen MR) is 84.1 cm³/mol. The Morgan fingerprint density at radius 3 is 2.75 bits per heavy atom. The molecule has 1 saturated heterocycles. The van der Waals surface area contributed by atoms with E-state index in [2.05, 4.69) is 10.5 Å². The summed E-state index contributed by atoms with van der Waals surface area (Å²) in [4.78, 5) is 25.5. The van der Waals surface area contributed by atoms with Crippen molar-refractivity contribution in [1.29, 1.82) is 0 Å². The maximum Gasteiger partial charge on any atom is 0.273 e. The Labute approximate surface area is 139 Å². The van der Waals surface area contributed by atoms with Gasteiger partial charge >= 0.3 is 0 Å². The van der Waals surface area contributed by atoms with Gasteiger partial charge in [0, 0.05) is 37.9 Å². The van der Waals surface area contributed by atoms with E-state index in [1.165, 1.54) is 0 Å². The molecule has 2 amide bonds. The van der Waals surface area contributed by atoms with E-state index in [0.717, 1.165) is 18.6 Å². The summed E-state index contributed by atoms with van der Waals surface area (Å²) >= 11 is 0. The molecule has 1 aliphatic carbocycles. The third-order valence-electron chi connectivity index (χ3n) is 4.67. The lowest BCUT2D eigenvalue weighted by molar-refractivity contribution is -0.134. The number of amides is 2. The Morgan fingerprint density at radius 2 is 2.17 bits per heavy atom. The number of nitrogens with two attached hydrogens (primary N) is 1. The van der Waals surface area contributed by atoms with Gasteiger partial charge in [0.25, 0.3) is 5.91 Å².